The van der Waals surface area contributed by atoms with Crippen LogP contribution in [0.4, 0.5) is 0 Å². The van der Waals surface area contributed by atoms with Crippen LogP contribution in [0.1, 0.15) is 9.67 Å². The molecule has 1 aromatic heterocycles. The van der Waals surface area contributed by atoms with Gasteiger partial charge in [-0.2, -0.15) is 5.10 Å². The van der Waals surface area contributed by atoms with Crippen molar-refractivity contribution in [1.29, 1.82) is 0 Å². The summed E-state index contributed by atoms with van der Waals surface area (Å²) in [5.74, 6) is -0.168. The minimum absolute atomic E-state index is 0.0372. The first-order chi connectivity index (χ1) is 6.20. The lowest BCUT2D eigenvalue weighted by atomic mass is 10.3. The van der Waals surface area contributed by atoms with Crippen molar-refractivity contribution in [2.45, 2.75) is 0 Å². The Balaban J connectivity index is 2.51. The third kappa shape index (κ3) is 3.30. The second kappa shape index (κ2) is 4.68. The topological polar surface area (TPSA) is 67.5 Å². The Morgan fingerprint density at radius 1 is 1.77 bits per heavy atom. The highest BCUT2D eigenvalue weighted by atomic mass is 32.1. The van der Waals surface area contributed by atoms with Gasteiger partial charge in [-0.25, -0.2) is 0 Å². The zero-order chi connectivity index (χ0) is 9.68. The zero-order valence-electron chi connectivity index (χ0n) is 6.56. The van der Waals surface area contributed by atoms with Crippen molar-refractivity contribution >= 4 is 40.7 Å². The largest absolute Gasteiger partial charge is 0.375 e. The Labute approximate surface area is 84.4 Å². The molecule has 0 saturated carbocycles. The van der Waals surface area contributed by atoms with Gasteiger partial charge in [0, 0.05) is 0 Å². The van der Waals surface area contributed by atoms with Crippen molar-refractivity contribution in [3.8, 4) is 0 Å². The molecular formula is C7H7N3OS2. The van der Waals surface area contributed by atoms with Gasteiger partial charge in [0.1, 0.15) is 0 Å². The summed E-state index contributed by atoms with van der Waals surface area (Å²) in [6, 6.07) is 3.52. The number of thiophene rings is 1. The van der Waals surface area contributed by atoms with E-state index in [4.69, 9.17) is 5.73 Å². The molecule has 13 heavy (non-hydrogen) atoms. The van der Waals surface area contributed by atoms with Gasteiger partial charge < -0.3 is 5.73 Å². The maximum Gasteiger partial charge on any atom is 0.215 e. The number of nitrogens with two attached hydrogens (primary N) is 1. The number of hydrogen-bond donors (Lipinski definition) is 2. The predicted octanol–water partition coefficient (Wildman–Crippen LogP) is 0.750. The second-order valence-electron chi connectivity index (χ2n) is 2.08. The van der Waals surface area contributed by atoms with Crippen LogP contribution in [0.5, 0.6) is 0 Å². The number of nitrogens with one attached hydrogen (secondary N) is 1. The predicted molar refractivity (Wildman–Crippen MR) is 57.1 cm³/mol. The van der Waals surface area contributed by atoms with Crippen LogP contribution in [-0.2, 0) is 0 Å². The molecule has 0 spiro atoms. The zero-order valence-corrected chi connectivity index (χ0v) is 8.19. The van der Waals surface area contributed by atoms with Crippen molar-refractivity contribution in [2.24, 2.45) is 10.8 Å². The molecule has 3 N–H and O–H groups in total. The van der Waals surface area contributed by atoms with E-state index in [1.165, 1.54) is 11.3 Å². The van der Waals surface area contributed by atoms with Crippen LogP contribution < -0.4 is 11.2 Å². The summed E-state index contributed by atoms with van der Waals surface area (Å²) in [7, 11) is 0. The molecule has 1 aromatic rings. The molecule has 0 aliphatic heterocycles. The molecular weight excluding hydrogens is 206 g/mol. The molecule has 0 unspecified atom stereocenters. The van der Waals surface area contributed by atoms with E-state index in [9.17, 15) is 4.79 Å². The van der Waals surface area contributed by atoms with Gasteiger partial charge in [-0.3, -0.25) is 10.2 Å². The normalized spacial score (nSPS) is 10.2. The monoisotopic (exact) mass is 213 g/mol. The van der Waals surface area contributed by atoms with Crippen molar-refractivity contribution in [3.05, 3.63) is 22.4 Å². The molecule has 4 nitrogen and oxygen atoms in total. The third-order valence-corrected chi connectivity index (χ3v) is 2.10. The van der Waals surface area contributed by atoms with Gasteiger partial charge >= 0.3 is 0 Å². The summed E-state index contributed by atoms with van der Waals surface area (Å²) < 4.78 is 0. The fraction of sp³-hybridized carbons (Fsp3) is 0. The molecule has 68 valence electrons. The molecule has 0 saturated heterocycles. The van der Waals surface area contributed by atoms with Crippen LogP contribution in [0.2, 0.25) is 0 Å². The lowest BCUT2D eigenvalue weighted by Gasteiger charge is -1.92. The summed E-state index contributed by atoms with van der Waals surface area (Å²) in [6.07, 6.45) is 1.14. The number of hydrogen-bond acceptors (Lipinski definition) is 4. The Morgan fingerprint density at radius 3 is 3.08 bits per heavy atom. The van der Waals surface area contributed by atoms with Gasteiger partial charge in [0.05, 0.1) is 11.1 Å². The fourth-order valence-corrected chi connectivity index (χ4v) is 1.32. The van der Waals surface area contributed by atoms with E-state index in [0.717, 1.165) is 6.21 Å². The fourth-order valence-electron chi connectivity index (χ4n) is 0.637. The molecule has 1 heterocycles. The number of nitrogens with zero attached hydrogens (tertiary/aromatic N) is 1. The highest BCUT2D eigenvalue weighted by molar-refractivity contribution is 7.80. The van der Waals surface area contributed by atoms with Crippen molar-refractivity contribution in [1.82, 2.24) is 5.43 Å². The highest BCUT2D eigenvalue weighted by Crippen LogP contribution is 2.07. The summed E-state index contributed by atoms with van der Waals surface area (Å²) in [6.45, 7) is 0. The molecule has 0 atom stereocenters. The average molecular weight is 213 g/mol. The summed E-state index contributed by atoms with van der Waals surface area (Å²) in [5, 5.41) is 5.40. The third-order valence-electron chi connectivity index (χ3n) is 1.12. The molecule has 1 rings (SSSR count). The number of ketones is 1. The molecule has 0 radical (unpaired) electrons. The van der Waals surface area contributed by atoms with Crippen LogP contribution in [0.25, 0.3) is 0 Å². The Bertz CT molecular complexity index is 332. The molecule has 0 aliphatic rings. The van der Waals surface area contributed by atoms with Gasteiger partial charge in [-0.15, -0.1) is 11.3 Å². The van der Waals surface area contributed by atoms with E-state index in [1.807, 2.05) is 5.38 Å². The number of hydrazone groups is 1. The average Bonchev–Trinajstić information content (AvgIpc) is 2.55. The molecule has 0 fully saturated rings. The van der Waals surface area contributed by atoms with Crippen LogP contribution >= 0.6 is 23.6 Å². The maximum atomic E-state index is 11.2. The van der Waals surface area contributed by atoms with Crippen LogP contribution in [-0.4, -0.2) is 17.1 Å². The molecule has 0 amide bonds. The van der Waals surface area contributed by atoms with Gasteiger partial charge in [0.2, 0.25) is 5.78 Å². The van der Waals surface area contributed by atoms with E-state index >= 15 is 0 Å². The molecule has 0 aliphatic carbocycles. The Hall–Kier alpha value is -1.27. The first kappa shape index (κ1) is 9.82. The van der Waals surface area contributed by atoms with E-state index in [1.54, 1.807) is 12.1 Å². The number of Topliss-reactive ketones (excluding diaryl/α,β-unsaturated/α-hetero) is 1. The maximum absolute atomic E-state index is 11.2. The van der Waals surface area contributed by atoms with Crippen molar-refractivity contribution in [3.63, 3.8) is 0 Å². The minimum Gasteiger partial charge on any atom is -0.375 e. The quantitative estimate of drug-likeness (QED) is 0.336. The molecule has 0 aromatic carbocycles. The van der Waals surface area contributed by atoms with E-state index in [-0.39, 0.29) is 10.9 Å². The Kier molecular flexibility index (Phi) is 3.53. The molecule has 0 bridgehead atoms. The standard InChI is InChI=1S/C7H7N3OS2/c8-7(12)10-9-4-5(11)6-2-1-3-13-6/h1-4H,(H3,8,10,12)/b9-4+. The lowest BCUT2D eigenvalue weighted by molar-refractivity contribution is 0.107. The first-order valence-electron chi connectivity index (χ1n) is 3.36. The number of carbonyl (C=O) groups is 1. The summed E-state index contributed by atoms with van der Waals surface area (Å²) in [4.78, 5) is 11.9. The summed E-state index contributed by atoms with van der Waals surface area (Å²) >= 11 is 5.85. The lowest BCUT2D eigenvalue weighted by Crippen LogP contribution is -2.24. The molecule has 6 heteroatoms. The second-order valence-corrected chi connectivity index (χ2v) is 3.46. The van der Waals surface area contributed by atoms with Crippen LogP contribution in [0, 0.1) is 0 Å². The minimum atomic E-state index is -0.168. The highest BCUT2D eigenvalue weighted by Gasteiger charge is 2.01. The van der Waals surface area contributed by atoms with E-state index < -0.39 is 0 Å². The van der Waals surface area contributed by atoms with Gasteiger partial charge in [0.15, 0.2) is 5.11 Å². The van der Waals surface area contributed by atoms with Crippen LogP contribution in [0.3, 0.4) is 0 Å². The number of rotatable bonds is 3. The van der Waals surface area contributed by atoms with Crippen molar-refractivity contribution in [2.75, 3.05) is 0 Å². The van der Waals surface area contributed by atoms with Gasteiger partial charge in [0.25, 0.3) is 0 Å². The SMILES string of the molecule is NC(=S)N/N=C/C(=O)c1cccs1. The van der Waals surface area contributed by atoms with Gasteiger partial charge in [-0.1, -0.05) is 6.07 Å². The van der Waals surface area contributed by atoms with Gasteiger partial charge in [-0.05, 0) is 23.7 Å². The van der Waals surface area contributed by atoms with Crippen LogP contribution in [0.15, 0.2) is 22.6 Å². The van der Waals surface area contributed by atoms with E-state index in [0.29, 0.717) is 4.88 Å². The number of thiocarbonyl (C=S) groups is 1. The Morgan fingerprint density at radius 2 is 2.54 bits per heavy atom. The smallest absolute Gasteiger partial charge is 0.215 e. The number of carbonyl (C=O) groups excluding carboxylic acids is 1. The first-order valence-corrected chi connectivity index (χ1v) is 4.65. The van der Waals surface area contributed by atoms with Crippen molar-refractivity contribution < 1.29 is 4.79 Å². The summed E-state index contributed by atoms with van der Waals surface area (Å²) in [5.41, 5.74) is 7.40. The van der Waals surface area contributed by atoms with E-state index in [2.05, 4.69) is 22.7 Å².